The van der Waals surface area contributed by atoms with E-state index in [0.717, 1.165) is 97.2 Å². The van der Waals surface area contributed by atoms with Crippen LogP contribution < -0.4 is 15.0 Å². The predicted molar refractivity (Wildman–Crippen MR) is 206 cm³/mol. The molecule has 2 aliphatic heterocycles. The summed E-state index contributed by atoms with van der Waals surface area (Å²) in [5.74, 6) is 1.07. The van der Waals surface area contributed by atoms with Gasteiger partial charge in [-0.15, -0.1) is 0 Å². The molecule has 0 radical (unpaired) electrons. The molecule has 0 unspecified atom stereocenters. The van der Waals surface area contributed by atoms with Crippen LogP contribution in [-0.2, 0) is 23.0 Å². The highest BCUT2D eigenvalue weighted by molar-refractivity contribution is 7.91. The Kier molecular flexibility index (Phi) is 14.2. The van der Waals surface area contributed by atoms with Gasteiger partial charge in [-0.2, -0.15) is 0 Å². The van der Waals surface area contributed by atoms with Crippen molar-refractivity contribution in [2.24, 2.45) is 5.41 Å². The fraction of sp³-hybridized carbons (Fsp3) is 0.571. The number of hydrogen-bond acceptors (Lipinski definition) is 5. The third-order valence-corrected chi connectivity index (χ3v) is 12.9. The lowest BCUT2D eigenvalue weighted by Gasteiger charge is -2.41. The fourth-order valence-electron chi connectivity index (χ4n) is 7.87. The fourth-order valence-corrected chi connectivity index (χ4v) is 10.1. The minimum atomic E-state index is -3.44. The lowest BCUT2D eigenvalue weighted by molar-refractivity contribution is -0.940. The maximum absolute atomic E-state index is 14.1. The third-order valence-electron chi connectivity index (χ3n) is 10.9. The molecule has 1 atom stereocenters. The van der Waals surface area contributed by atoms with Gasteiger partial charge in [0.2, 0.25) is 0 Å². The van der Waals surface area contributed by atoms with E-state index in [1.807, 2.05) is 40.1 Å². The second-order valence-electron chi connectivity index (χ2n) is 14.5. The summed E-state index contributed by atoms with van der Waals surface area (Å²) < 4.78 is 35.6. The first-order valence-corrected chi connectivity index (χ1v) is 20.7. The second-order valence-corrected chi connectivity index (χ2v) is 16.5. The Bertz CT molecular complexity index is 1540. The molecular formula is C42H64N3O3S+. The second kappa shape index (κ2) is 17.9. The van der Waals surface area contributed by atoms with E-state index in [4.69, 9.17) is 4.74 Å². The number of benzene rings is 3. The van der Waals surface area contributed by atoms with E-state index >= 15 is 0 Å². The van der Waals surface area contributed by atoms with Gasteiger partial charge in [0, 0.05) is 44.4 Å². The number of sulfone groups is 1. The molecule has 2 aliphatic rings. The predicted octanol–water partition coefficient (Wildman–Crippen LogP) is 8.97. The molecule has 0 aliphatic carbocycles. The lowest BCUT2D eigenvalue weighted by atomic mass is 9.70. The Labute approximate surface area is 298 Å². The van der Waals surface area contributed by atoms with Crippen LogP contribution in [0.4, 0.5) is 5.69 Å². The minimum Gasteiger partial charge on any atom is -0.489 e. The first kappa shape index (κ1) is 38.9. The first-order valence-electron chi connectivity index (χ1n) is 19.0. The van der Waals surface area contributed by atoms with E-state index in [1.54, 1.807) is 0 Å². The van der Waals surface area contributed by atoms with Crippen molar-refractivity contribution in [3.8, 4) is 5.75 Å². The first-order chi connectivity index (χ1) is 23.6. The summed E-state index contributed by atoms with van der Waals surface area (Å²) in [5, 5.41) is 3.50. The zero-order valence-corrected chi connectivity index (χ0v) is 32.4. The molecule has 5 rings (SSSR count). The van der Waals surface area contributed by atoms with Gasteiger partial charge in [-0.3, -0.25) is 0 Å². The number of ether oxygens (including phenoxy) is 1. The van der Waals surface area contributed by atoms with E-state index in [1.165, 1.54) is 25.2 Å². The molecule has 0 spiro atoms. The quantitative estimate of drug-likeness (QED) is 0.171. The molecule has 0 amide bonds. The van der Waals surface area contributed by atoms with Crippen LogP contribution >= 0.6 is 0 Å². The Morgan fingerprint density at radius 2 is 1.47 bits per heavy atom. The maximum Gasteiger partial charge on any atom is 0.179 e. The normalized spacial score (nSPS) is 19.1. The Balaban J connectivity index is 0.00000265. The van der Waals surface area contributed by atoms with Gasteiger partial charge >= 0.3 is 0 Å². The summed E-state index contributed by atoms with van der Waals surface area (Å²) in [6.07, 6.45) is 6.98. The highest BCUT2D eigenvalue weighted by Crippen LogP contribution is 2.50. The molecule has 3 aromatic rings. The van der Waals surface area contributed by atoms with E-state index in [2.05, 4.69) is 85.6 Å². The smallest absolute Gasteiger partial charge is 0.179 e. The van der Waals surface area contributed by atoms with Gasteiger partial charge in [0.25, 0.3) is 0 Å². The van der Waals surface area contributed by atoms with Gasteiger partial charge in [-0.1, -0.05) is 89.8 Å². The average molecular weight is 691 g/mol. The Hall–Kier alpha value is -2.87. The van der Waals surface area contributed by atoms with Gasteiger partial charge in [0.1, 0.15) is 18.9 Å². The van der Waals surface area contributed by atoms with Gasteiger partial charge in [0.05, 0.1) is 30.3 Å². The van der Waals surface area contributed by atoms with Crippen LogP contribution in [0.2, 0.25) is 0 Å². The summed E-state index contributed by atoms with van der Waals surface area (Å²) in [5.41, 5.74) is 5.44. The van der Waals surface area contributed by atoms with Gasteiger partial charge < -0.3 is 19.4 Å². The summed E-state index contributed by atoms with van der Waals surface area (Å²) in [7, 11) is 0.594. The molecule has 0 bridgehead atoms. The zero-order valence-electron chi connectivity index (χ0n) is 31.6. The number of nitrogens with one attached hydrogen (secondary N) is 1. The molecular weight excluding hydrogens is 627 g/mol. The standard InChI is InChI=1S/C40H58N3O3S.C2H6/c1-6-9-21-40(22-10-7-2)28-38(37-27-35(42(4)5)17-20-39(37)47(44,45)31-40)34-15-18-36(19-16-34)46-30-33-13-11-32(12-14-33)29-43(8-3)25-23-41-24-26-43;1-2/h11-20,27,38,41H,6-10,21-26,28-31H2,1-5H3;1-2H3/q+1;/t38-;/m1./s1. The summed E-state index contributed by atoms with van der Waals surface area (Å²) >= 11 is 0. The molecule has 2 heterocycles. The van der Waals surface area contributed by atoms with Crippen LogP contribution in [0.15, 0.2) is 71.6 Å². The molecule has 270 valence electrons. The zero-order chi connectivity index (χ0) is 35.5. The number of anilines is 1. The van der Waals surface area contributed by atoms with Crippen LogP contribution in [0.5, 0.6) is 5.75 Å². The van der Waals surface area contributed by atoms with E-state index in [-0.39, 0.29) is 17.1 Å². The molecule has 49 heavy (non-hydrogen) atoms. The van der Waals surface area contributed by atoms with E-state index in [9.17, 15) is 8.42 Å². The molecule has 3 aromatic carbocycles. The molecule has 0 aromatic heterocycles. The van der Waals surface area contributed by atoms with E-state index in [0.29, 0.717) is 11.5 Å². The third kappa shape index (κ3) is 9.89. The van der Waals surface area contributed by atoms with Crippen molar-refractivity contribution in [3.63, 3.8) is 0 Å². The van der Waals surface area contributed by atoms with Crippen molar-refractivity contribution in [2.75, 3.05) is 57.5 Å². The molecule has 7 heteroatoms. The van der Waals surface area contributed by atoms with Crippen LogP contribution in [0, 0.1) is 5.41 Å². The van der Waals surface area contributed by atoms with Crippen molar-refractivity contribution >= 4 is 15.5 Å². The van der Waals surface area contributed by atoms with Crippen molar-refractivity contribution < 1.29 is 17.6 Å². The largest absolute Gasteiger partial charge is 0.489 e. The van der Waals surface area contributed by atoms with Crippen LogP contribution in [0.25, 0.3) is 0 Å². The molecule has 1 fully saturated rings. The highest BCUT2D eigenvalue weighted by Gasteiger charge is 2.43. The monoisotopic (exact) mass is 690 g/mol. The SMILES string of the molecule is CC.CCCCC1(CCCC)C[C@H](c2ccc(OCc3ccc(C[N+]4(CC)CCNCC4)cc3)cc2)c2cc(N(C)C)ccc2S(=O)(=O)C1. The number of fused-ring (bicyclic) bond motifs is 1. The topological polar surface area (TPSA) is 58.6 Å². The van der Waals surface area contributed by atoms with Crippen molar-refractivity contribution in [1.29, 1.82) is 0 Å². The maximum atomic E-state index is 14.1. The number of rotatable bonds is 14. The minimum absolute atomic E-state index is 0.00208. The van der Waals surface area contributed by atoms with Crippen molar-refractivity contribution in [3.05, 3.63) is 89.0 Å². The number of nitrogens with zero attached hydrogens (tertiary/aromatic N) is 2. The number of likely N-dealkylation sites (N-methyl/N-ethyl adjacent to an activating group) is 1. The summed E-state index contributed by atoms with van der Waals surface area (Å²) in [4.78, 5) is 2.57. The number of unbranched alkanes of at least 4 members (excludes halogenated alkanes) is 2. The van der Waals surface area contributed by atoms with E-state index < -0.39 is 9.84 Å². The van der Waals surface area contributed by atoms with Gasteiger partial charge in [-0.05, 0) is 78.6 Å². The Morgan fingerprint density at radius 3 is 2.04 bits per heavy atom. The molecule has 0 saturated carbocycles. The highest BCUT2D eigenvalue weighted by atomic mass is 32.2. The molecule has 1 saturated heterocycles. The number of hydrogen-bond donors (Lipinski definition) is 1. The van der Waals surface area contributed by atoms with Crippen LogP contribution in [0.1, 0.15) is 108 Å². The lowest BCUT2D eigenvalue weighted by Crippen LogP contribution is -2.57. The van der Waals surface area contributed by atoms with Crippen molar-refractivity contribution in [2.45, 2.75) is 104 Å². The van der Waals surface area contributed by atoms with Crippen LogP contribution in [0.3, 0.4) is 0 Å². The molecule has 1 N–H and O–H groups in total. The summed E-state index contributed by atoms with van der Waals surface area (Å²) in [6.45, 7) is 18.1. The molecule has 6 nitrogen and oxygen atoms in total. The Morgan fingerprint density at radius 1 is 0.857 bits per heavy atom. The van der Waals surface area contributed by atoms with Gasteiger partial charge in [-0.25, -0.2) is 8.42 Å². The number of piperazine rings is 1. The van der Waals surface area contributed by atoms with Crippen LogP contribution in [-0.4, -0.2) is 65.5 Å². The van der Waals surface area contributed by atoms with Gasteiger partial charge in [0.15, 0.2) is 9.84 Å². The van der Waals surface area contributed by atoms with Crippen molar-refractivity contribution in [1.82, 2.24) is 5.32 Å². The average Bonchev–Trinajstić information content (AvgIpc) is 3.22. The number of quaternary nitrogens is 1. The summed E-state index contributed by atoms with van der Waals surface area (Å²) in [6, 6.07) is 23.3.